The number of pyridine rings is 1. The molecule has 0 spiro atoms. The zero-order chi connectivity index (χ0) is 19.2. The van der Waals surface area contributed by atoms with Crippen molar-refractivity contribution in [2.24, 2.45) is 0 Å². The summed E-state index contributed by atoms with van der Waals surface area (Å²) in [7, 11) is -1.83. The molecule has 1 N–H and O–H groups in total. The van der Waals surface area contributed by atoms with E-state index in [-0.39, 0.29) is 17.6 Å². The number of hydrogen-bond donors (Lipinski definition) is 1. The van der Waals surface area contributed by atoms with Crippen molar-refractivity contribution in [3.05, 3.63) is 54.2 Å². The minimum Gasteiger partial charge on any atom is -0.484 e. The first kappa shape index (κ1) is 20.1. The number of nitrogens with zero attached hydrogens (tertiary/aromatic N) is 1. The molecule has 1 amide bonds. The van der Waals surface area contributed by atoms with E-state index in [0.29, 0.717) is 18.2 Å². The van der Waals surface area contributed by atoms with Gasteiger partial charge in [0.05, 0.1) is 12.3 Å². The van der Waals surface area contributed by atoms with Gasteiger partial charge in [0.1, 0.15) is 11.6 Å². The van der Waals surface area contributed by atoms with Crippen molar-refractivity contribution in [2.45, 2.75) is 45.5 Å². The van der Waals surface area contributed by atoms with Gasteiger partial charge in [-0.25, -0.2) is 4.98 Å². The Kier molecular flexibility index (Phi) is 6.56. The summed E-state index contributed by atoms with van der Waals surface area (Å²) in [5, 5.41) is 2.91. The average Bonchev–Trinajstić information content (AvgIpc) is 2.59. The fourth-order valence-electron chi connectivity index (χ4n) is 1.94. The van der Waals surface area contributed by atoms with Crippen LogP contribution in [0.5, 0.6) is 5.75 Å². The lowest BCUT2D eigenvalue weighted by Gasteiger charge is -2.36. The highest BCUT2D eigenvalue weighted by molar-refractivity contribution is 6.74. The molecule has 0 radical (unpaired) electrons. The first-order chi connectivity index (χ1) is 12.2. The summed E-state index contributed by atoms with van der Waals surface area (Å²) in [6.45, 7) is 11.4. The van der Waals surface area contributed by atoms with E-state index in [2.05, 4.69) is 44.2 Å². The topological polar surface area (TPSA) is 60.5 Å². The van der Waals surface area contributed by atoms with Gasteiger partial charge < -0.3 is 14.5 Å². The number of carbonyl (C=O) groups excluding carboxylic acids is 1. The van der Waals surface area contributed by atoms with Crippen molar-refractivity contribution >= 4 is 20.0 Å². The molecule has 0 aliphatic carbocycles. The van der Waals surface area contributed by atoms with Crippen LogP contribution in [-0.4, -0.2) is 25.8 Å². The molecule has 1 aromatic heterocycles. The van der Waals surface area contributed by atoms with Crippen LogP contribution in [0.4, 0.5) is 5.82 Å². The normalized spacial score (nSPS) is 11.9. The van der Waals surface area contributed by atoms with Crippen LogP contribution in [0.25, 0.3) is 0 Å². The Morgan fingerprint density at radius 2 is 1.77 bits per heavy atom. The molecule has 0 atom stereocenters. The first-order valence-electron chi connectivity index (χ1n) is 8.75. The van der Waals surface area contributed by atoms with Gasteiger partial charge in [-0.3, -0.25) is 4.79 Å². The van der Waals surface area contributed by atoms with Crippen molar-refractivity contribution in [3.8, 4) is 5.75 Å². The molecule has 0 saturated carbocycles. The molecule has 0 fully saturated rings. The highest BCUT2D eigenvalue weighted by atomic mass is 28.4. The lowest BCUT2D eigenvalue weighted by atomic mass is 10.2. The van der Waals surface area contributed by atoms with Crippen LogP contribution in [-0.2, 0) is 15.8 Å². The van der Waals surface area contributed by atoms with Gasteiger partial charge in [-0.05, 0) is 42.4 Å². The number of benzene rings is 1. The molecule has 0 aliphatic heterocycles. The number of aromatic nitrogens is 1. The van der Waals surface area contributed by atoms with Gasteiger partial charge in [-0.15, -0.1) is 0 Å². The van der Waals surface area contributed by atoms with Gasteiger partial charge in [-0.2, -0.15) is 0 Å². The second-order valence-electron chi connectivity index (χ2n) is 7.71. The van der Waals surface area contributed by atoms with Gasteiger partial charge >= 0.3 is 0 Å². The van der Waals surface area contributed by atoms with Crippen LogP contribution in [0.2, 0.25) is 18.1 Å². The van der Waals surface area contributed by atoms with E-state index in [9.17, 15) is 4.79 Å². The van der Waals surface area contributed by atoms with Crippen molar-refractivity contribution in [3.63, 3.8) is 0 Å². The predicted octanol–water partition coefficient (Wildman–Crippen LogP) is 4.62. The first-order valence-corrected chi connectivity index (χ1v) is 11.7. The number of hydrogen-bond acceptors (Lipinski definition) is 4. The molecule has 0 saturated heterocycles. The summed E-state index contributed by atoms with van der Waals surface area (Å²) in [5.41, 5.74) is 0.802. The third-order valence-electron chi connectivity index (χ3n) is 4.57. The third kappa shape index (κ3) is 5.96. The average molecular weight is 373 g/mol. The predicted molar refractivity (Wildman–Crippen MR) is 107 cm³/mol. The van der Waals surface area contributed by atoms with Gasteiger partial charge in [-0.1, -0.05) is 45.0 Å². The summed E-state index contributed by atoms with van der Waals surface area (Å²) >= 11 is 0. The maximum Gasteiger partial charge on any atom is 0.263 e. The molecule has 6 heteroatoms. The summed E-state index contributed by atoms with van der Waals surface area (Å²) < 4.78 is 11.6. The quantitative estimate of drug-likeness (QED) is 0.720. The molecule has 0 bridgehead atoms. The van der Waals surface area contributed by atoms with E-state index in [1.165, 1.54) is 0 Å². The van der Waals surface area contributed by atoms with Gasteiger partial charge in [0.25, 0.3) is 5.91 Å². The van der Waals surface area contributed by atoms with Crippen LogP contribution in [0, 0.1) is 0 Å². The summed E-state index contributed by atoms with van der Waals surface area (Å²) in [4.78, 5) is 16.5. The van der Waals surface area contributed by atoms with E-state index in [1.807, 2.05) is 42.5 Å². The van der Waals surface area contributed by atoms with Crippen LogP contribution < -0.4 is 10.1 Å². The number of carbonyl (C=O) groups is 1. The van der Waals surface area contributed by atoms with Crippen LogP contribution in [0.3, 0.4) is 0 Å². The number of amides is 1. The molecule has 140 valence electrons. The molecule has 0 unspecified atom stereocenters. The Balaban J connectivity index is 1.89. The highest BCUT2D eigenvalue weighted by Gasteiger charge is 2.37. The van der Waals surface area contributed by atoms with E-state index >= 15 is 0 Å². The number of anilines is 1. The SMILES string of the molecule is CC(C)(C)[Si](C)(C)OCc1cccc(NC(=O)COc2ccccc2)n1. The van der Waals surface area contributed by atoms with E-state index < -0.39 is 8.32 Å². The number of ether oxygens (including phenoxy) is 1. The van der Waals surface area contributed by atoms with Crippen molar-refractivity contribution < 1.29 is 14.0 Å². The summed E-state index contributed by atoms with van der Waals surface area (Å²) in [5.74, 6) is 0.916. The van der Waals surface area contributed by atoms with E-state index in [0.717, 1.165) is 5.69 Å². The monoisotopic (exact) mass is 372 g/mol. The Labute approximate surface area is 156 Å². The Morgan fingerprint density at radius 3 is 2.42 bits per heavy atom. The fraction of sp³-hybridized carbons (Fsp3) is 0.400. The van der Waals surface area contributed by atoms with Crippen LogP contribution in [0.1, 0.15) is 26.5 Å². The van der Waals surface area contributed by atoms with Crippen LogP contribution >= 0.6 is 0 Å². The standard InChI is InChI=1S/C20H28N2O3Si/c1-20(2,3)26(4,5)25-14-16-10-9-13-18(21-16)22-19(23)15-24-17-11-7-6-8-12-17/h6-13H,14-15H2,1-5H3,(H,21,22,23). The summed E-state index contributed by atoms with van der Waals surface area (Å²) in [6.07, 6.45) is 0. The fourth-order valence-corrected chi connectivity index (χ4v) is 2.89. The highest BCUT2D eigenvalue weighted by Crippen LogP contribution is 2.36. The molecule has 26 heavy (non-hydrogen) atoms. The van der Waals surface area contributed by atoms with E-state index in [1.54, 1.807) is 6.07 Å². The Bertz CT molecular complexity index is 727. The smallest absolute Gasteiger partial charge is 0.263 e. The van der Waals surface area contributed by atoms with Gasteiger partial charge in [0, 0.05) is 0 Å². The maximum atomic E-state index is 12.0. The molecule has 5 nitrogen and oxygen atoms in total. The number of para-hydroxylation sites is 1. The maximum absolute atomic E-state index is 12.0. The minimum atomic E-state index is -1.83. The van der Waals surface area contributed by atoms with Crippen LogP contribution in [0.15, 0.2) is 48.5 Å². The molecule has 1 heterocycles. The second-order valence-corrected chi connectivity index (χ2v) is 12.5. The van der Waals surface area contributed by atoms with Crippen molar-refractivity contribution in [1.82, 2.24) is 4.98 Å². The van der Waals surface area contributed by atoms with Gasteiger partial charge in [0.15, 0.2) is 14.9 Å². The minimum absolute atomic E-state index is 0.0591. The van der Waals surface area contributed by atoms with Crippen molar-refractivity contribution in [2.75, 3.05) is 11.9 Å². The molecule has 2 aromatic rings. The Morgan fingerprint density at radius 1 is 1.08 bits per heavy atom. The molecular formula is C20H28N2O3Si. The zero-order valence-electron chi connectivity index (χ0n) is 16.2. The number of nitrogens with one attached hydrogen (secondary N) is 1. The van der Waals surface area contributed by atoms with Crippen molar-refractivity contribution in [1.29, 1.82) is 0 Å². The Hall–Kier alpha value is -2.18. The lowest BCUT2D eigenvalue weighted by Crippen LogP contribution is -2.40. The van der Waals surface area contributed by atoms with E-state index in [4.69, 9.17) is 9.16 Å². The molecular weight excluding hydrogens is 344 g/mol. The molecule has 1 aromatic carbocycles. The zero-order valence-corrected chi connectivity index (χ0v) is 17.2. The number of rotatable bonds is 7. The lowest BCUT2D eigenvalue weighted by molar-refractivity contribution is -0.118. The largest absolute Gasteiger partial charge is 0.484 e. The second kappa shape index (κ2) is 8.47. The third-order valence-corrected chi connectivity index (χ3v) is 9.05. The molecule has 2 rings (SSSR count). The molecule has 0 aliphatic rings. The van der Waals surface area contributed by atoms with Gasteiger partial charge in [0.2, 0.25) is 0 Å². The summed E-state index contributed by atoms with van der Waals surface area (Å²) in [6, 6.07) is 14.8.